The van der Waals surface area contributed by atoms with Gasteiger partial charge in [-0.3, -0.25) is 9.59 Å². The number of hydrogen-bond acceptors (Lipinski definition) is 3. The molecule has 0 spiro atoms. The molecule has 0 atom stereocenters. The summed E-state index contributed by atoms with van der Waals surface area (Å²) in [6.45, 7) is 0. The van der Waals surface area contributed by atoms with Gasteiger partial charge in [0.1, 0.15) is 6.29 Å². The Morgan fingerprint density at radius 3 is 2.45 bits per heavy atom. The summed E-state index contributed by atoms with van der Waals surface area (Å²) in [5, 5.41) is 0. The van der Waals surface area contributed by atoms with Crippen molar-refractivity contribution in [1.29, 1.82) is 0 Å². The molecule has 0 saturated carbocycles. The molecule has 0 radical (unpaired) electrons. The molecule has 0 aromatic heterocycles. The lowest BCUT2D eigenvalue weighted by atomic mass is 10.2. The molecule has 60 valence electrons. The third-order valence-electron chi connectivity index (χ3n) is 1.11. The van der Waals surface area contributed by atoms with Gasteiger partial charge in [-0.1, -0.05) is 0 Å². The maximum atomic E-state index is 10.1. The van der Waals surface area contributed by atoms with Crippen LogP contribution in [0.1, 0.15) is 19.3 Å². The fraction of sp³-hybridized carbons (Fsp3) is 0.429. The van der Waals surface area contributed by atoms with Crippen LogP contribution in [0.3, 0.4) is 0 Å². The molecule has 0 bridgehead atoms. The number of aliphatic imine (C=N–C) groups is 1. The maximum absolute atomic E-state index is 10.1. The summed E-state index contributed by atoms with van der Waals surface area (Å²) in [6.07, 6.45) is 2.97. The van der Waals surface area contributed by atoms with Crippen molar-refractivity contribution in [3.8, 4) is 0 Å². The summed E-state index contributed by atoms with van der Waals surface area (Å²) in [4.78, 5) is 33.0. The Hall–Kier alpha value is -1.32. The van der Waals surface area contributed by atoms with Crippen LogP contribution in [0.2, 0.25) is 0 Å². The first-order valence-corrected chi connectivity index (χ1v) is 3.24. The zero-order valence-electron chi connectivity index (χ0n) is 6.03. The quantitative estimate of drug-likeness (QED) is 0.311. The molecule has 1 amide bonds. The van der Waals surface area contributed by atoms with E-state index < -0.39 is 0 Å². The number of amides is 1. The van der Waals surface area contributed by atoms with Crippen molar-refractivity contribution in [3.05, 3.63) is 0 Å². The van der Waals surface area contributed by atoms with Crippen LogP contribution in [-0.4, -0.2) is 24.7 Å². The Balaban J connectivity index is 3.69. The lowest BCUT2D eigenvalue weighted by molar-refractivity contribution is -0.108. The standard InChI is InChI=1S/C7H9NO3/c9-4-2-1-3-7(5-10)8-6-11/h4-6H,1-3H2. The molecule has 4 heteroatoms. The molecule has 0 aliphatic heterocycles. The lowest BCUT2D eigenvalue weighted by Gasteiger charge is -1.91. The minimum absolute atomic E-state index is 0.196. The highest BCUT2D eigenvalue weighted by Crippen LogP contribution is 1.93. The van der Waals surface area contributed by atoms with Crippen LogP contribution in [0.25, 0.3) is 0 Å². The summed E-state index contributed by atoms with van der Waals surface area (Å²) < 4.78 is 0. The molecular formula is C7H9NO3. The van der Waals surface area contributed by atoms with Crippen LogP contribution in [0, 0.1) is 0 Å². The SMILES string of the molecule is O=CCCCC(C=O)=NC=O. The summed E-state index contributed by atoms with van der Waals surface area (Å²) in [7, 11) is 0. The largest absolute Gasteiger partial charge is 0.303 e. The van der Waals surface area contributed by atoms with Crippen LogP contribution >= 0.6 is 0 Å². The number of rotatable bonds is 6. The van der Waals surface area contributed by atoms with Crippen LogP contribution in [0.5, 0.6) is 0 Å². The highest BCUT2D eigenvalue weighted by molar-refractivity contribution is 6.29. The van der Waals surface area contributed by atoms with Gasteiger partial charge < -0.3 is 4.79 Å². The summed E-state index contributed by atoms with van der Waals surface area (Å²) in [5.41, 5.74) is 0.196. The predicted octanol–water partition coefficient (Wildman–Crippen LogP) is 0.152. The van der Waals surface area contributed by atoms with Crippen LogP contribution < -0.4 is 0 Å². The number of carbonyl (C=O) groups is 3. The van der Waals surface area contributed by atoms with Gasteiger partial charge in [-0.15, -0.1) is 0 Å². The fourth-order valence-electron chi connectivity index (χ4n) is 0.588. The minimum Gasteiger partial charge on any atom is -0.303 e. The van der Waals surface area contributed by atoms with Gasteiger partial charge in [-0.25, -0.2) is 4.99 Å². The first-order chi connectivity index (χ1) is 5.35. The lowest BCUT2D eigenvalue weighted by Crippen LogP contribution is -1.99. The van der Waals surface area contributed by atoms with Crippen molar-refractivity contribution in [2.75, 3.05) is 0 Å². The van der Waals surface area contributed by atoms with E-state index in [-0.39, 0.29) is 5.71 Å². The van der Waals surface area contributed by atoms with E-state index in [0.29, 0.717) is 32.0 Å². The van der Waals surface area contributed by atoms with Crippen molar-refractivity contribution < 1.29 is 14.4 Å². The molecule has 0 aliphatic carbocycles. The molecule has 0 heterocycles. The molecule has 0 N–H and O–H groups in total. The van der Waals surface area contributed by atoms with Gasteiger partial charge in [-0.05, 0) is 12.8 Å². The van der Waals surface area contributed by atoms with E-state index in [4.69, 9.17) is 0 Å². The van der Waals surface area contributed by atoms with Crippen molar-refractivity contribution >= 4 is 24.7 Å². The van der Waals surface area contributed by atoms with Gasteiger partial charge in [0.05, 0.1) is 5.71 Å². The second-order valence-electron chi connectivity index (χ2n) is 1.90. The third-order valence-corrected chi connectivity index (χ3v) is 1.11. The summed E-state index contributed by atoms with van der Waals surface area (Å²) >= 11 is 0. The van der Waals surface area contributed by atoms with Gasteiger partial charge in [0.15, 0.2) is 6.29 Å². The molecule has 0 rings (SSSR count). The molecule has 4 nitrogen and oxygen atoms in total. The van der Waals surface area contributed by atoms with E-state index in [2.05, 4.69) is 4.99 Å². The van der Waals surface area contributed by atoms with E-state index in [9.17, 15) is 14.4 Å². The van der Waals surface area contributed by atoms with Gasteiger partial charge in [0.2, 0.25) is 6.41 Å². The van der Waals surface area contributed by atoms with Crippen molar-refractivity contribution in [1.82, 2.24) is 0 Å². The molecular weight excluding hydrogens is 146 g/mol. The number of nitrogens with zero attached hydrogens (tertiary/aromatic N) is 1. The highest BCUT2D eigenvalue weighted by atomic mass is 16.1. The zero-order chi connectivity index (χ0) is 8.53. The average molecular weight is 155 g/mol. The Morgan fingerprint density at radius 2 is 2.00 bits per heavy atom. The maximum Gasteiger partial charge on any atom is 0.233 e. The molecule has 0 unspecified atom stereocenters. The van der Waals surface area contributed by atoms with Gasteiger partial charge in [0.25, 0.3) is 0 Å². The Bertz CT molecular complexity index is 175. The average Bonchev–Trinajstić information content (AvgIpc) is 2.03. The highest BCUT2D eigenvalue weighted by Gasteiger charge is 1.95. The van der Waals surface area contributed by atoms with E-state index in [1.807, 2.05) is 0 Å². The summed E-state index contributed by atoms with van der Waals surface area (Å²) in [6, 6.07) is 0. The fourth-order valence-corrected chi connectivity index (χ4v) is 0.588. The molecule has 0 aromatic rings. The molecule has 11 heavy (non-hydrogen) atoms. The van der Waals surface area contributed by atoms with Crippen molar-refractivity contribution in [2.45, 2.75) is 19.3 Å². The van der Waals surface area contributed by atoms with Gasteiger partial charge >= 0.3 is 0 Å². The Labute approximate surface area is 64.3 Å². The van der Waals surface area contributed by atoms with Crippen molar-refractivity contribution in [2.24, 2.45) is 4.99 Å². The van der Waals surface area contributed by atoms with Gasteiger partial charge in [0, 0.05) is 6.42 Å². The second kappa shape index (κ2) is 6.80. The smallest absolute Gasteiger partial charge is 0.233 e. The Morgan fingerprint density at radius 1 is 1.27 bits per heavy atom. The topological polar surface area (TPSA) is 63.6 Å². The first kappa shape index (κ1) is 9.68. The minimum atomic E-state index is 0.196. The third kappa shape index (κ3) is 5.14. The number of aldehydes is 2. The molecule has 0 aliphatic rings. The zero-order valence-corrected chi connectivity index (χ0v) is 6.03. The van der Waals surface area contributed by atoms with Crippen LogP contribution in [-0.2, 0) is 14.4 Å². The van der Waals surface area contributed by atoms with Crippen molar-refractivity contribution in [3.63, 3.8) is 0 Å². The molecule has 0 aromatic carbocycles. The summed E-state index contributed by atoms with van der Waals surface area (Å²) in [5.74, 6) is 0. The van der Waals surface area contributed by atoms with Gasteiger partial charge in [-0.2, -0.15) is 0 Å². The van der Waals surface area contributed by atoms with E-state index in [1.54, 1.807) is 0 Å². The van der Waals surface area contributed by atoms with Crippen LogP contribution in [0.4, 0.5) is 0 Å². The Kier molecular flexibility index (Phi) is 5.98. The number of carbonyl (C=O) groups excluding carboxylic acids is 3. The van der Waals surface area contributed by atoms with E-state index in [1.165, 1.54) is 0 Å². The van der Waals surface area contributed by atoms with Crippen LogP contribution in [0.15, 0.2) is 4.99 Å². The number of hydrogen-bond donors (Lipinski definition) is 0. The van der Waals surface area contributed by atoms with E-state index >= 15 is 0 Å². The first-order valence-electron chi connectivity index (χ1n) is 3.24. The molecule has 0 saturated heterocycles. The second-order valence-corrected chi connectivity index (χ2v) is 1.90. The predicted molar refractivity (Wildman–Crippen MR) is 39.5 cm³/mol. The number of unbranched alkanes of at least 4 members (excludes halogenated alkanes) is 1. The van der Waals surface area contributed by atoms with E-state index in [0.717, 1.165) is 6.29 Å². The monoisotopic (exact) mass is 155 g/mol. The normalized spacial score (nSPS) is 10.7. The molecule has 0 fully saturated rings.